The van der Waals surface area contributed by atoms with Crippen molar-refractivity contribution in [1.82, 2.24) is 0 Å². The first-order valence-corrected chi connectivity index (χ1v) is 7.25. The lowest BCUT2D eigenvalue weighted by molar-refractivity contribution is 0.481. The third kappa shape index (κ3) is 2.15. The molecule has 106 valence electrons. The zero-order chi connectivity index (χ0) is 14.9. The van der Waals surface area contributed by atoms with E-state index in [1.165, 1.54) is 0 Å². The smallest absolute Gasteiger partial charge is 0.135 e. The quantitative estimate of drug-likeness (QED) is 0.487. The average Bonchev–Trinajstić information content (AvgIpc) is 2.73. The minimum atomic E-state index is 0.770. The Morgan fingerprint density at radius 3 is 2.27 bits per heavy atom. The molecular formula is C20H15NO. The van der Waals surface area contributed by atoms with Gasteiger partial charge in [0.05, 0.1) is 0 Å². The minimum Gasteiger partial charge on any atom is -0.456 e. The second kappa shape index (κ2) is 5.08. The van der Waals surface area contributed by atoms with E-state index in [1.54, 1.807) is 0 Å². The number of hydrogen-bond acceptors (Lipinski definition) is 2. The molecule has 3 aromatic carbocycles. The summed E-state index contributed by atoms with van der Waals surface area (Å²) in [6.45, 7) is 0. The highest BCUT2D eigenvalue weighted by Crippen LogP contribution is 2.37. The van der Waals surface area contributed by atoms with E-state index in [1.807, 2.05) is 54.6 Å². The predicted octanol–water partition coefficient (Wildman–Crippen LogP) is 5.21. The molecule has 0 spiro atoms. The Hall–Kier alpha value is -3.00. The maximum absolute atomic E-state index is 6.10. The Morgan fingerprint density at radius 2 is 1.41 bits per heavy atom. The fourth-order valence-corrected chi connectivity index (χ4v) is 2.70. The van der Waals surface area contributed by atoms with Crippen LogP contribution in [0.4, 0.5) is 5.69 Å². The van der Waals surface area contributed by atoms with Crippen molar-refractivity contribution >= 4 is 17.8 Å². The molecule has 0 fully saturated rings. The zero-order valence-electron chi connectivity index (χ0n) is 12.0. The number of para-hydroxylation sites is 2. The summed E-state index contributed by atoms with van der Waals surface area (Å²) >= 11 is 0. The van der Waals surface area contributed by atoms with Crippen molar-refractivity contribution in [2.75, 3.05) is 5.73 Å². The molecule has 0 aliphatic carbocycles. The fraction of sp³-hybridized carbons (Fsp3) is 0. The summed E-state index contributed by atoms with van der Waals surface area (Å²) in [5.74, 6) is 1.72. The molecule has 1 heterocycles. The number of nitrogen functional groups attached to an aromatic ring is 1. The maximum Gasteiger partial charge on any atom is 0.135 e. The van der Waals surface area contributed by atoms with Crippen LogP contribution in [0.3, 0.4) is 0 Å². The van der Waals surface area contributed by atoms with Gasteiger partial charge in [0.25, 0.3) is 0 Å². The standard InChI is InChI=1S/C20H15NO/c21-18-7-3-2-6-17(18)16-12-11-15-10-9-14-5-1-4-8-19(14)22-20(15)13-16/h1-13H,21H2. The molecule has 0 bridgehead atoms. The van der Waals surface area contributed by atoms with Crippen LogP contribution < -0.4 is 10.5 Å². The fourth-order valence-electron chi connectivity index (χ4n) is 2.70. The Labute approximate surface area is 129 Å². The SMILES string of the molecule is Nc1ccccc1-c1ccc2c(c1)Oc1ccccc1C=C2. The average molecular weight is 285 g/mol. The third-order valence-electron chi connectivity index (χ3n) is 3.87. The lowest BCUT2D eigenvalue weighted by Gasteiger charge is -2.11. The molecule has 3 aromatic rings. The van der Waals surface area contributed by atoms with E-state index in [4.69, 9.17) is 10.5 Å². The molecule has 0 amide bonds. The van der Waals surface area contributed by atoms with E-state index < -0.39 is 0 Å². The van der Waals surface area contributed by atoms with Crippen LogP contribution in [0, 0.1) is 0 Å². The molecule has 0 saturated carbocycles. The van der Waals surface area contributed by atoms with Crippen LogP contribution in [-0.4, -0.2) is 0 Å². The molecule has 2 heteroatoms. The largest absolute Gasteiger partial charge is 0.456 e. The summed E-state index contributed by atoms with van der Waals surface area (Å²) in [5, 5.41) is 0. The molecule has 0 aromatic heterocycles. The van der Waals surface area contributed by atoms with Gasteiger partial charge in [0.1, 0.15) is 11.5 Å². The van der Waals surface area contributed by atoms with E-state index in [2.05, 4.69) is 24.3 Å². The second-order valence-corrected chi connectivity index (χ2v) is 5.31. The molecular weight excluding hydrogens is 270 g/mol. The van der Waals surface area contributed by atoms with Gasteiger partial charge in [0, 0.05) is 22.4 Å². The van der Waals surface area contributed by atoms with Gasteiger partial charge in [-0.15, -0.1) is 0 Å². The molecule has 4 rings (SSSR count). The molecule has 0 atom stereocenters. The molecule has 0 saturated heterocycles. The molecule has 22 heavy (non-hydrogen) atoms. The van der Waals surface area contributed by atoms with Crippen molar-refractivity contribution < 1.29 is 4.74 Å². The first-order chi connectivity index (χ1) is 10.8. The van der Waals surface area contributed by atoms with Crippen LogP contribution in [0.15, 0.2) is 66.7 Å². The van der Waals surface area contributed by atoms with Crippen molar-refractivity contribution in [3.05, 3.63) is 77.9 Å². The Morgan fingerprint density at radius 1 is 0.682 bits per heavy atom. The third-order valence-corrected chi connectivity index (χ3v) is 3.87. The van der Waals surface area contributed by atoms with Gasteiger partial charge in [0.2, 0.25) is 0 Å². The van der Waals surface area contributed by atoms with Gasteiger partial charge in [-0.25, -0.2) is 0 Å². The van der Waals surface area contributed by atoms with Crippen LogP contribution in [0.2, 0.25) is 0 Å². The molecule has 1 aliphatic rings. The highest BCUT2D eigenvalue weighted by atomic mass is 16.5. The van der Waals surface area contributed by atoms with E-state index in [-0.39, 0.29) is 0 Å². The Kier molecular flexibility index (Phi) is 2.94. The van der Waals surface area contributed by atoms with E-state index in [0.717, 1.165) is 39.4 Å². The van der Waals surface area contributed by atoms with Crippen LogP contribution in [0.1, 0.15) is 11.1 Å². The number of fused-ring (bicyclic) bond motifs is 2. The van der Waals surface area contributed by atoms with Crippen LogP contribution in [0.5, 0.6) is 11.5 Å². The number of rotatable bonds is 1. The number of anilines is 1. The van der Waals surface area contributed by atoms with Crippen LogP contribution >= 0.6 is 0 Å². The molecule has 2 nitrogen and oxygen atoms in total. The van der Waals surface area contributed by atoms with Gasteiger partial charge in [-0.2, -0.15) is 0 Å². The normalized spacial score (nSPS) is 12.0. The highest BCUT2D eigenvalue weighted by molar-refractivity contribution is 5.82. The van der Waals surface area contributed by atoms with Crippen molar-refractivity contribution in [2.45, 2.75) is 0 Å². The topological polar surface area (TPSA) is 35.2 Å². The van der Waals surface area contributed by atoms with Gasteiger partial charge in [-0.3, -0.25) is 0 Å². The Bertz CT molecular complexity index is 880. The summed E-state index contributed by atoms with van der Waals surface area (Å²) in [7, 11) is 0. The number of ether oxygens (including phenoxy) is 1. The predicted molar refractivity (Wildman–Crippen MR) is 91.7 cm³/mol. The molecule has 2 N–H and O–H groups in total. The van der Waals surface area contributed by atoms with Crippen molar-refractivity contribution in [1.29, 1.82) is 0 Å². The molecule has 0 unspecified atom stereocenters. The maximum atomic E-state index is 6.10. The lowest BCUT2D eigenvalue weighted by atomic mass is 10.0. The van der Waals surface area contributed by atoms with Crippen molar-refractivity contribution in [3.63, 3.8) is 0 Å². The van der Waals surface area contributed by atoms with Crippen LogP contribution in [0.25, 0.3) is 23.3 Å². The zero-order valence-corrected chi connectivity index (χ0v) is 12.0. The van der Waals surface area contributed by atoms with Crippen LogP contribution in [-0.2, 0) is 0 Å². The second-order valence-electron chi connectivity index (χ2n) is 5.31. The van der Waals surface area contributed by atoms with E-state index >= 15 is 0 Å². The monoisotopic (exact) mass is 285 g/mol. The van der Waals surface area contributed by atoms with Gasteiger partial charge in [-0.05, 0) is 23.8 Å². The molecule has 0 radical (unpaired) electrons. The lowest BCUT2D eigenvalue weighted by Crippen LogP contribution is -1.91. The summed E-state index contributed by atoms with van der Waals surface area (Å²) in [5.41, 5.74) is 11.1. The van der Waals surface area contributed by atoms with Crippen molar-refractivity contribution in [3.8, 4) is 22.6 Å². The first-order valence-electron chi connectivity index (χ1n) is 7.25. The van der Waals surface area contributed by atoms with Gasteiger partial charge in [0.15, 0.2) is 0 Å². The summed E-state index contributed by atoms with van der Waals surface area (Å²) in [6.07, 6.45) is 4.16. The summed E-state index contributed by atoms with van der Waals surface area (Å²) < 4.78 is 6.10. The highest BCUT2D eigenvalue weighted by Gasteiger charge is 2.12. The Balaban J connectivity index is 1.83. The summed E-state index contributed by atoms with van der Waals surface area (Å²) in [6, 6.07) is 22.1. The summed E-state index contributed by atoms with van der Waals surface area (Å²) in [4.78, 5) is 0. The van der Waals surface area contributed by atoms with Crippen molar-refractivity contribution in [2.24, 2.45) is 0 Å². The number of benzene rings is 3. The van der Waals surface area contributed by atoms with Gasteiger partial charge < -0.3 is 10.5 Å². The minimum absolute atomic E-state index is 0.770. The number of nitrogens with two attached hydrogens (primary N) is 1. The van der Waals surface area contributed by atoms with E-state index in [9.17, 15) is 0 Å². The van der Waals surface area contributed by atoms with Gasteiger partial charge >= 0.3 is 0 Å². The number of hydrogen-bond donors (Lipinski definition) is 1. The van der Waals surface area contributed by atoms with Gasteiger partial charge in [-0.1, -0.05) is 60.7 Å². The first kappa shape index (κ1) is 12.7. The molecule has 1 aliphatic heterocycles. The van der Waals surface area contributed by atoms with E-state index in [0.29, 0.717) is 0 Å².